The first-order valence-corrected chi connectivity index (χ1v) is 3.12. The summed E-state index contributed by atoms with van der Waals surface area (Å²) < 4.78 is 12.4. The van der Waals surface area contributed by atoms with Crippen LogP contribution in [0.2, 0.25) is 0 Å². The second kappa shape index (κ2) is 3.42. The van der Waals surface area contributed by atoms with Gasteiger partial charge >= 0.3 is 7.12 Å². The summed E-state index contributed by atoms with van der Waals surface area (Å²) in [7, 11) is -1.88. The first-order valence-electron chi connectivity index (χ1n) is 3.12. The zero-order valence-corrected chi connectivity index (χ0v) is 5.94. The predicted octanol–water partition coefficient (Wildman–Crippen LogP) is -1.29. The Balaban J connectivity index is 3.21. The van der Waals surface area contributed by atoms with Crippen LogP contribution < -0.4 is 5.46 Å². The first kappa shape index (κ1) is 8.83. The molecule has 0 aromatic carbocycles. The van der Waals surface area contributed by atoms with Gasteiger partial charge in [-0.05, 0) is 6.07 Å². The Hall–Kier alpha value is -1.27. The van der Waals surface area contributed by atoms with Crippen molar-refractivity contribution in [1.82, 2.24) is 4.98 Å². The number of aldehydes is 1. The molecule has 4 nitrogen and oxygen atoms in total. The van der Waals surface area contributed by atoms with E-state index in [4.69, 9.17) is 10.0 Å². The Morgan fingerprint density at radius 2 is 2.25 bits per heavy atom. The summed E-state index contributed by atoms with van der Waals surface area (Å²) in [6.45, 7) is 0. The number of hydrogen-bond donors (Lipinski definition) is 2. The average molecular weight is 169 g/mol. The van der Waals surface area contributed by atoms with E-state index < -0.39 is 12.9 Å². The highest BCUT2D eigenvalue weighted by atomic mass is 19.1. The number of carbonyl (C=O) groups excluding carboxylic acids is 1. The van der Waals surface area contributed by atoms with Gasteiger partial charge in [0.25, 0.3) is 0 Å². The van der Waals surface area contributed by atoms with Gasteiger partial charge in [-0.2, -0.15) is 0 Å². The number of pyridine rings is 1. The van der Waals surface area contributed by atoms with Crippen LogP contribution in [0, 0.1) is 5.82 Å². The second-order valence-electron chi connectivity index (χ2n) is 2.12. The fourth-order valence-corrected chi connectivity index (χ4v) is 0.771. The maximum atomic E-state index is 12.4. The van der Waals surface area contributed by atoms with Crippen molar-refractivity contribution < 1.29 is 19.2 Å². The van der Waals surface area contributed by atoms with E-state index in [2.05, 4.69) is 4.98 Å². The van der Waals surface area contributed by atoms with Gasteiger partial charge < -0.3 is 10.0 Å². The number of nitrogens with zero attached hydrogens (tertiary/aromatic N) is 1. The average Bonchev–Trinajstić information content (AvgIpc) is 2.04. The highest BCUT2D eigenvalue weighted by Gasteiger charge is 2.17. The van der Waals surface area contributed by atoms with E-state index in [1.54, 1.807) is 0 Å². The van der Waals surface area contributed by atoms with Gasteiger partial charge in [0.05, 0.1) is 6.20 Å². The van der Waals surface area contributed by atoms with Gasteiger partial charge in [0.15, 0.2) is 6.29 Å². The lowest BCUT2D eigenvalue weighted by atomic mass is 9.79. The van der Waals surface area contributed by atoms with Crippen LogP contribution in [-0.2, 0) is 0 Å². The van der Waals surface area contributed by atoms with Gasteiger partial charge in [-0.3, -0.25) is 9.78 Å². The fourth-order valence-electron chi connectivity index (χ4n) is 0.771. The number of carbonyl (C=O) groups is 1. The van der Waals surface area contributed by atoms with Crippen molar-refractivity contribution >= 4 is 18.9 Å². The minimum Gasteiger partial charge on any atom is -0.423 e. The van der Waals surface area contributed by atoms with Gasteiger partial charge in [-0.1, -0.05) is 0 Å². The molecule has 6 heteroatoms. The maximum Gasteiger partial charge on any atom is 0.490 e. The minimum atomic E-state index is -1.88. The largest absolute Gasteiger partial charge is 0.490 e. The summed E-state index contributed by atoms with van der Waals surface area (Å²) in [6.07, 6.45) is 1.16. The fraction of sp³-hybridized carbons (Fsp3) is 0. The van der Waals surface area contributed by atoms with E-state index in [1.165, 1.54) is 0 Å². The second-order valence-corrected chi connectivity index (χ2v) is 2.12. The summed E-state index contributed by atoms with van der Waals surface area (Å²) in [5, 5.41) is 17.3. The van der Waals surface area contributed by atoms with E-state index in [0.717, 1.165) is 12.3 Å². The molecule has 0 spiro atoms. The molecule has 2 N–H and O–H groups in total. The summed E-state index contributed by atoms with van der Waals surface area (Å²) in [5.41, 5.74) is -0.406. The molecule has 0 saturated heterocycles. The number of hydrogen-bond acceptors (Lipinski definition) is 4. The molecule has 1 aromatic rings. The van der Waals surface area contributed by atoms with Gasteiger partial charge in [0, 0.05) is 5.46 Å². The van der Waals surface area contributed by atoms with Crippen LogP contribution in [-0.4, -0.2) is 28.4 Å². The van der Waals surface area contributed by atoms with Crippen LogP contribution in [0.15, 0.2) is 12.3 Å². The monoisotopic (exact) mass is 169 g/mol. The van der Waals surface area contributed by atoms with Crippen molar-refractivity contribution in [3.05, 3.63) is 23.8 Å². The minimum absolute atomic E-state index is 0.175. The summed E-state index contributed by atoms with van der Waals surface area (Å²) in [5.74, 6) is -0.719. The Morgan fingerprint density at radius 1 is 1.58 bits per heavy atom. The molecular weight excluding hydrogens is 164 g/mol. The standard InChI is InChI=1S/C6H5BFNO3/c8-4-1-5(7(11)12)6(3-10)9-2-4/h1-3,11-12H. The van der Waals surface area contributed by atoms with E-state index in [-0.39, 0.29) is 11.2 Å². The van der Waals surface area contributed by atoms with Crippen LogP contribution in [0.1, 0.15) is 10.5 Å². The summed E-state index contributed by atoms with van der Waals surface area (Å²) >= 11 is 0. The number of rotatable bonds is 2. The van der Waals surface area contributed by atoms with E-state index >= 15 is 0 Å². The molecule has 0 bridgehead atoms. The number of halogens is 1. The SMILES string of the molecule is O=Cc1ncc(F)cc1B(O)O. The Kier molecular flexibility index (Phi) is 2.52. The predicted molar refractivity (Wildman–Crippen MR) is 39.4 cm³/mol. The van der Waals surface area contributed by atoms with E-state index in [9.17, 15) is 9.18 Å². The smallest absolute Gasteiger partial charge is 0.423 e. The molecule has 0 saturated carbocycles. The molecule has 0 atom stereocenters. The first-order chi connectivity index (χ1) is 5.65. The highest BCUT2D eigenvalue weighted by Crippen LogP contribution is 1.94. The molecule has 1 heterocycles. The molecule has 12 heavy (non-hydrogen) atoms. The van der Waals surface area contributed by atoms with Crippen LogP contribution in [0.3, 0.4) is 0 Å². The normalized spacial score (nSPS) is 9.58. The lowest BCUT2D eigenvalue weighted by Gasteiger charge is -2.00. The lowest BCUT2D eigenvalue weighted by Crippen LogP contribution is -2.34. The Morgan fingerprint density at radius 3 is 2.75 bits per heavy atom. The van der Waals surface area contributed by atoms with E-state index in [1.807, 2.05) is 0 Å². The molecule has 1 aromatic heterocycles. The van der Waals surface area contributed by atoms with Gasteiger partial charge in [0.1, 0.15) is 11.5 Å². The quantitative estimate of drug-likeness (QED) is 0.427. The van der Waals surface area contributed by atoms with Crippen molar-refractivity contribution in [3.8, 4) is 0 Å². The molecule has 1 rings (SSSR count). The molecule has 0 unspecified atom stereocenters. The van der Waals surface area contributed by atoms with Crippen molar-refractivity contribution in [3.63, 3.8) is 0 Å². The molecule has 0 aliphatic rings. The van der Waals surface area contributed by atoms with Crippen molar-refractivity contribution in [2.24, 2.45) is 0 Å². The van der Waals surface area contributed by atoms with Gasteiger partial charge in [-0.25, -0.2) is 4.39 Å². The third kappa shape index (κ3) is 1.66. The van der Waals surface area contributed by atoms with Crippen molar-refractivity contribution in [1.29, 1.82) is 0 Å². The van der Waals surface area contributed by atoms with Crippen LogP contribution in [0.5, 0.6) is 0 Å². The molecule has 0 aliphatic carbocycles. The van der Waals surface area contributed by atoms with E-state index in [0.29, 0.717) is 6.29 Å². The molecule has 0 aliphatic heterocycles. The third-order valence-corrected chi connectivity index (χ3v) is 1.31. The summed E-state index contributed by atoms with van der Waals surface area (Å²) in [4.78, 5) is 13.6. The lowest BCUT2D eigenvalue weighted by molar-refractivity contribution is 0.111. The maximum absolute atomic E-state index is 12.4. The van der Waals surface area contributed by atoms with Gasteiger partial charge in [-0.15, -0.1) is 0 Å². The van der Waals surface area contributed by atoms with Crippen molar-refractivity contribution in [2.45, 2.75) is 0 Å². The number of aromatic nitrogens is 1. The third-order valence-electron chi connectivity index (χ3n) is 1.31. The Bertz CT molecular complexity index is 305. The molecular formula is C6H5BFNO3. The molecule has 0 fully saturated rings. The van der Waals surface area contributed by atoms with Crippen LogP contribution in [0.4, 0.5) is 4.39 Å². The topological polar surface area (TPSA) is 70.4 Å². The van der Waals surface area contributed by atoms with Crippen molar-refractivity contribution in [2.75, 3.05) is 0 Å². The molecule has 62 valence electrons. The molecule has 0 amide bonds. The van der Waals surface area contributed by atoms with Gasteiger partial charge in [0.2, 0.25) is 0 Å². The molecule has 0 radical (unpaired) electrons. The summed E-state index contributed by atoms with van der Waals surface area (Å²) in [6, 6.07) is 0.849. The van der Waals surface area contributed by atoms with Crippen LogP contribution >= 0.6 is 0 Å². The van der Waals surface area contributed by atoms with Crippen LogP contribution in [0.25, 0.3) is 0 Å². The highest BCUT2D eigenvalue weighted by molar-refractivity contribution is 6.59. The zero-order chi connectivity index (χ0) is 9.14. The zero-order valence-electron chi connectivity index (χ0n) is 5.94. The Labute approximate surface area is 67.8 Å².